The number of phenolic OH excluding ortho intramolecular Hbond substituents is 1. The number of halogens is 1. The lowest BCUT2D eigenvalue weighted by molar-refractivity contribution is 0.0901. The number of rotatable bonds is 6. The first-order chi connectivity index (χ1) is 8.95. The van der Waals surface area contributed by atoms with E-state index in [0.717, 1.165) is 18.2 Å². The molecule has 2 N–H and O–H groups in total. The lowest BCUT2D eigenvalue weighted by atomic mass is 9.95. The van der Waals surface area contributed by atoms with Gasteiger partial charge in [-0.3, -0.25) is 4.79 Å². The number of ether oxygens (including phenoxy) is 1. The third-order valence-electron chi connectivity index (χ3n) is 3.28. The Labute approximate surface area is 122 Å². The molecule has 0 aliphatic heterocycles. The SMILES string of the molecule is CCC(C)(CCBr)NC(=O)c1ccc(OC)c(O)c1. The number of hydrogen-bond acceptors (Lipinski definition) is 3. The summed E-state index contributed by atoms with van der Waals surface area (Å²) in [4.78, 5) is 12.2. The van der Waals surface area contributed by atoms with Gasteiger partial charge in [-0.15, -0.1) is 0 Å². The van der Waals surface area contributed by atoms with Crippen LogP contribution in [0.4, 0.5) is 0 Å². The molecule has 4 nitrogen and oxygen atoms in total. The van der Waals surface area contributed by atoms with Gasteiger partial charge in [0.1, 0.15) is 0 Å². The van der Waals surface area contributed by atoms with Crippen LogP contribution in [-0.4, -0.2) is 29.0 Å². The van der Waals surface area contributed by atoms with Crippen molar-refractivity contribution in [1.29, 1.82) is 0 Å². The van der Waals surface area contributed by atoms with Gasteiger partial charge < -0.3 is 15.2 Å². The molecule has 1 aromatic rings. The van der Waals surface area contributed by atoms with E-state index in [-0.39, 0.29) is 17.2 Å². The average molecular weight is 330 g/mol. The summed E-state index contributed by atoms with van der Waals surface area (Å²) in [5.41, 5.74) is 0.170. The smallest absolute Gasteiger partial charge is 0.251 e. The Morgan fingerprint density at radius 1 is 1.53 bits per heavy atom. The van der Waals surface area contributed by atoms with Crippen molar-refractivity contribution in [3.05, 3.63) is 23.8 Å². The van der Waals surface area contributed by atoms with E-state index in [9.17, 15) is 9.90 Å². The van der Waals surface area contributed by atoms with E-state index in [1.54, 1.807) is 12.1 Å². The Kier molecular flexibility index (Phi) is 5.66. The number of aromatic hydroxyl groups is 1. The zero-order valence-electron chi connectivity index (χ0n) is 11.5. The van der Waals surface area contributed by atoms with Crippen LogP contribution < -0.4 is 10.1 Å². The van der Waals surface area contributed by atoms with Crippen LogP contribution in [0.1, 0.15) is 37.0 Å². The van der Waals surface area contributed by atoms with Crippen LogP contribution in [0.3, 0.4) is 0 Å². The van der Waals surface area contributed by atoms with Gasteiger partial charge in [0.25, 0.3) is 5.91 Å². The van der Waals surface area contributed by atoms with Crippen LogP contribution >= 0.6 is 15.9 Å². The average Bonchev–Trinajstić information content (AvgIpc) is 2.38. The van der Waals surface area contributed by atoms with E-state index in [4.69, 9.17) is 4.74 Å². The molecule has 1 atom stereocenters. The zero-order valence-corrected chi connectivity index (χ0v) is 13.1. The number of carbonyl (C=O) groups excluding carboxylic acids is 1. The Morgan fingerprint density at radius 3 is 2.68 bits per heavy atom. The molecule has 0 radical (unpaired) electrons. The molecule has 0 aromatic heterocycles. The van der Waals surface area contributed by atoms with Crippen LogP contribution in [0, 0.1) is 0 Å². The molecule has 0 aliphatic carbocycles. The van der Waals surface area contributed by atoms with Crippen molar-refractivity contribution in [2.75, 3.05) is 12.4 Å². The van der Waals surface area contributed by atoms with Gasteiger partial charge in [0.15, 0.2) is 11.5 Å². The summed E-state index contributed by atoms with van der Waals surface area (Å²) in [6, 6.07) is 4.63. The topological polar surface area (TPSA) is 58.6 Å². The summed E-state index contributed by atoms with van der Waals surface area (Å²) in [5, 5.41) is 13.5. The molecule has 0 fully saturated rings. The molecule has 19 heavy (non-hydrogen) atoms. The lowest BCUT2D eigenvalue weighted by Crippen LogP contribution is -2.45. The van der Waals surface area contributed by atoms with Crippen LogP contribution in [0.25, 0.3) is 0 Å². The molecule has 0 aliphatic rings. The second-order valence-electron chi connectivity index (χ2n) is 4.69. The second-order valence-corrected chi connectivity index (χ2v) is 5.49. The van der Waals surface area contributed by atoms with Gasteiger partial charge in [0.2, 0.25) is 0 Å². The third-order valence-corrected chi connectivity index (χ3v) is 3.68. The maximum absolute atomic E-state index is 12.2. The normalized spacial score (nSPS) is 13.7. The highest BCUT2D eigenvalue weighted by atomic mass is 79.9. The Morgan fingerprint density at radius 2 is 2.21 bits per heavy atom. The number of nitrogens with one attached hydrogen (secondary N) is 1. The summed E-state index contributed by atoms with van der Waals surface area (Å²) in [5.74, 6) is 0.132. The van der Waals surface area contributed by atoms with Gasteiger partial charge in [0.05, 0.1) is 7.11 Å². The second kappa shape index (κ2) is 6.80. The monoisotopic (exact) mass is 329 g/mol. The van der Waals surface area contributed by atoms with E-state index in [1.807, 2.05) is 13.8 Å². The van der Waals surface area contributed by atoms with Gasteiger partial charge in [-0.05, 0) is 38.0 Å². The van der Waals surface area contributed by atoms with Crippen molar-refractivity contribution in [3.63, 3.8) is 0 Å². The first-order valence-electron chi connectivity index (χ1n) is 6.21. The standard InChI is InChI=1S/C14H20BrNO3/c1-4-14(2,7-8-15)16-13(18)10-5-6-12(19-3)11(17)9-10/h5-6,9,17H,4,7-8H2,1-3H3,(H,16,18). The molecular weight excluding hydrogens is 310 g/mol. The van der Waals surface area contributed by atoms with Gasteiger partial charge >= 0.3 is 0 Å². The number of phenols is 1. The molecule has 1 amide bonds. The predicted octanol–water partition coefficient (Wildman–Crippen LogP) is 3.08. The highest BCUT2D eigenvalue weighted by molar-refractivity contribution is 9.09. The number of hydrogen-bond donors (Lipinski definition) is 2. The summed E-state index contributed by atoms with van der Waals surface area (Å²) < 4.78 is 4.95. The van der Waals surface area contributed by atoms with Crippen LogP contribution in [-0.2, 0) is 0 Å². The molecule has 1 unspecified atom stereocenters. The van der Waals surface area contributed by atoms with Crippen molar-refractivity contribution in [2.45, 2.75) is 32.2 Å². The molecule has 5 heteroatoms. The van der Waals surface area contributed by atoms with E-state index in [1.165, 1.54) is 13.2 Å². The summed E-state index contributed by atoms with van der Waals surface area (Å²) in [7, 11) is 1.47. The van der Waals surface area contributed by atoms with Crippen molar-refractivity contribution in [1.82, 2.24) is 5.32 Å². The Balaban J connectivity index is 2.86. The summed E-state index contributed by atoms with van der Waals surface area (Å²) >= 11 is 3.39. The van der Waals surface area contributed by atoms with Crippen molar-refractivity contribution < 1.29 is 14.6 Å². The molecule has 1 rings (SSSR count). The fourth-order valence-corrected chi connectivity index (χ4v) is 2.59. The first-order valence-corrected chi connectivity index (χ1v) is 7.33. The fourth-order valence-electron chi connectivity index (χ4n) is 1.71. The number of amides is 1. The highest BCUT2D eigenvalue weighted by Crippen LogP contribution is 2.26. The Bertz CT molecular complexity index is 450. The van der Waals surface area contributed by atoms with Gasteiger partial charge in [-0.1, -0.05) is 22.9 Å². The lowest BCUT2D eigenvalue weighted by Gasteiger charge is -2.29. The van der Waals surface area contributed by atoms with E-state index < -0.39 is 0 Å². The van der Waals surface area contributed by atoms with Crippen LogP contribution in [0.2, 0.25) is 0 Å². The van der Waals surface area contributed by atoms with Crippen molar-refractivity contribution >= 4 is 21.8 Å². The van der Waals surface area contributed by atoms with Crippen LogP contribution in [0.5, 0.6) is 11.5 Å². The molecule has 0 bridgehead atoms. The maximum atomic E-state index is 12.2. The van der Waals surface area contributed by atoms with Gasteiger partial charge in [-0.2, -0.15) is 0 Å². The number of carbonyl (C=O) groups is 1. The van der Waals surface area contributed by atoms with E-state index in [0.29, 0.717) is 11.3 Å². The third kappa shape index (κ3) is 4.13. The minimum Gasteiger partial charge on any atom is -0.504 e. The molecular formula is C14H20BrNO3. The highest BCUT2D eigenvalue weighted by Gasteiger charge is 2.24. The van der Waals surface area contributed by atoms with Gasteiger partial charge in [0, 0.05) is 16.4 Å². The minimum absolute atomic E-state index is 0.0335. The molecule has 1 aromatic carbocycles. The quantitative estimate of drug-likeness (QED) is 0.788. The molecule has 0 spiro atoms. The van der Waals surface area contributed by atoms with E-state index in [2.05, 4.69) is 21.2 Å². The van der Waals surface area contributed by atoms with Crippen LogP contribution in [0.15, 0.2) is 18.2 Å². The fraction of sp³-hybridized carbons (Fsp3) is 0.500. The largest absolute Gasteiger partial charge is 0.504 e. The molecule has 0 heterocycles. The number of benzene rings is 1. The molecule has 0 saturated carbocycles. The molecule has 0 saturated heterocycles. The van der Waals surface area contributed by atoms with Gasteiger partial charge in [-0.25, -0.2) is 0 Å². The van der Waals surface area contributed by atoms with Crippen molar-refractivity contribution in [2.24, 2.45) is 0 Å². The minimum atomic E-state index is -0.254. The molecule has 106 valence electrons. The van der Waals surface area contributed by atoms with Crippen molar-refractivity contribution in [3.8, 4) is 11.5 Å². The Hall–Kier alpha value is -1.23. The summed E-state index contributed by atoms with van der Waals surface area (Å²) in [6.07, 6.45) is 1.68. The summed E-state index contributed by atoms with van der Waals surface area (Å²) in [6.45, 7) is 4.05. The maximum Gasteiger partial charge on any atom is 0.251 e. The van der Waals surface area contributed by atoms with E-state index >= 15 is 0 Å². The number of alkyl halides is 1. The predicted molar refractivity (Wildman–Crippen MR) is 79.2 cm³/mol. The number of methoxy groups -OCH3 is 1. The first kappa shape index (κ1) is 15.8. The zero-order chi connectivity index (χ0) is 14.5.